The normalized spacial score (nSPS) is 10.6. The van der Waals surface area contributed by atoms with Gasteiger partial charge in [0.15, 0.2) is 0 Å². The number of benzene rings is 1. The summed E-state index contributed by atoms with van der Waals surface area (Å²) in [5, 5.41) is 7.15. The number of halogens is 1. The molecule has 0 saturated carbocycles. The fraction of sp³-hybridized carbons (Fsp3) is 0.375. The molecule has 1 aromatic heterocycles. The molecular formula is C16H20FN3O. The molecule has 5 heteroatoms. The SMILES string of the molecule is CCCc1cc(C(=O)NCCc2cccc(F)c2)n(C)n1. The second-order valence-electron chi connectivity index (χ2n) is 5.03. The molecule has 0 fully saturated rings. The lowest BCUT2D eigenvalue weighted by molar-refractivity contribution is 0.0944. The molecule has 1 N–H and O–H groups in total. The number of hydrogen-bond acceptors (Lipinski definition) is 2. The molecular weight excluding hydrogens is 269 g/mol. The highest BCUT2D eigenvalue weighted by Crippen LogP contribution is 2.06. The van der Waals surface area contributed by atoms with Gasteiger partial charge in [-0.05, 0) is 36.6 Å². The molecule has 2 aromatic rings. The summed E-state index contributed by atoms with van der Waals surface area (Å²) >= 11 is 0. The molecule has 112 valence electrons. The van der Waals surface area contributed by atoms with Gasteiger partial charge < -0.3 is 5.32 Å². The molecule has 1 aromatic carbocycles. The maximum Gasteiger partial charge on any atom is 0.269 e. The molecule has 4 nitrogen and oxygen atoms in total. The van der Waals surface area contributed by atoms with Crippen LogP contribution in [0.25, 0.3) is 0 Å². The van der Waals surface area contributed by atoms with Crippen molar-refractivity contribution in [3.63, 3.8) is 0 Å². The van der Waals surface area contributed by atoms with E-state index in [1.54, 1.807) is 17.8 Å². The van der Waals surface area contributed by atoms with Crippen LogP contribution in [-0.4, -0.2) is 22.2 Å². The Morgan fingerprint density at radius 2 is 2.14 bits per heavy atom. The van der Waals surface area contributed by atoms with Crippen molar-refractivity contribution < 1.29 is 9.18 Å². The maximum absolute atomic E-state index is 13.0. The first-order chi connectivity index (χ1) is 10.1. The van der Waals surface area contributed by atoms with Crippen molar-refractivity contribution in [2.24, 2.45) is 7.05 Å². The fourth-order valence-corrected chi connectivity index (χ4v) is 2.22. The highest BCUT2D eigenvalue weighted by atomic mass is 19.1. The lowest BCUT2D eigenvalue weighted by Gasteiger charge is -2.05. The van der Waals surface area contributed by atoms with Crippen LogP contribution in [0, 0.1) is 5.82 Å². The Bertz CT molecular complexity index is 622. The first-order valence-corrected chi connectivity index (χ1v) is 7.15. The summed E-state index contributed by atoms with van der Waals surface area (Å²) in [7, 11) is 1.76. The Morgan fingerprint density at radius 1 is 1.33 bits per heavy atom. The minimum absolute atomic E-state index is 0.149. The predicted molar refractivity (Wildman–Crippen MR) is 79.6 cm³/mol. The van der Waals surface area contributed by atoms with E-state index in [2.05, 4.69) is 17.3 Å². The van der Waals surface area contributed by atoms with Gasteiger partial charge >= 0.3 is 0 Å². The Balaban J connectivity index is 1.90. The predicted octanol–water partition coefficient (Wildman–Crippen LogP) is 2.48. The summed E-state index contributed by atoms with van der Waals surface area (Å²) in [6.45, 7) is 2.55. The zero-order valence-electron chi connectivity index (χ0n) is 12.4. The number of carbonyl (C=O) groups is 1. The quantitative estimate of drug-likeness (QED) is 0.888. The van der Waals surface area contributed by atoms with Crippen LogP contribution >= 0.6 is 0 Å². The van der Waals surface area contributed by atoms with Crippen molar-refractivity contribution in [1.29, 1.82) is 0 Å². The van der Waals surface area contributed by atoms with Gasteiger partial charge in [-0.15, -0.1) is 0 Å². The highest BCUT2D eigenvalue weighted by molar-refractivity contribution is 5.92. The minimum atomic E-state index is -0.255. The van der Waals surface area contributed by atoms with Crippen molar-refractivity contribution in [1.82, 2.24) is 15.1 Å². The van der Waals surface area contributed by atoms with Crippen LogP contribution in [0.4, 0.5) is 4.39 Å². The second-order valence-corrected chi connectivity index (χ2v) is 5.03. The lowest BCUT2D eigenvalue weighted by atomic mass is 10.1. The molecule has 1 heterocycles. The Kier molecular flexibility index (Phi) is 5.09. The molecule has 0 bridgehead atoms. The van der Waals surface area contributed by atoms with Crippen molar-refractivity contribution in [2.45, 2.75) is 26.2 Å². The van der Waals surface area contributed by atoms with Crippen molar-refractivity contribution in [3.05, 3.63) is 53.1 Å². The molecule has 0 aliphatic heterocycles. The molecule has 2 rings (SSSR count). The molecule has 0 spiro atoms. The number of carbonyl (C=O) groups excluding carboxylic acids is 1. The Morgan fingerprint density at radius 3 is 2.86 bits per heavy atom. The molecule has 0 atom stereocenters. The van der Waals surface area contributed by atoms with Gasteiger partial charge in [-0.3, -0.25) is 9.48 Å². The van der Waals surface area contributed by atoms with Crippen LogP contribution < -0.4 is 5.32 Å². The first kappa shape index (κ1) is 15.2. The number of nitrogens with zero attached hydrogens (tertiary/aromatic N) is 2. The summed E-state index contributed by atoms with van der Waals surface area (Å²) < 4.78 is 14.6. The minimum Gasteiger partial charge on any atom is -0.350 e. The van der Waals surface area contributed by atoms with Gasteiger partial charge in [0.05, 0.1) is 5.69 Å². The summed E-state index contributed by atoms with van der Waals surface area (Å²) in [4.78, 5) is 12.1. The largest absolute Gasteiger partial charge is 0.350 e. The molecule has 0 radical (unpaired) electrons. The van der Waals surface area contributed by atoms with Crippen LogP contribution in [0.1, 0.15) is 35.1 Å². The lowest BCUT2D eigenvalue weighted by Crippen LogP contribution is -2.27. The smallest absolute Gasteiger partial charge is 0.269 e. The summed E-state index contributed by atoms with van der Waals surface area (Å²) in [6, 6.07) is 8.23. The average molecular weight is 289 g/mol. The maximum atomic E-state index is 13.0. The number of nitrogens with one attached hydrogen (secondary N) is 1. The number of rotatable bonds is 6. The molecule has 0 unspecified atom stereocenters. The van der Waals surface area contributed by atoms with Gasteiger partial charge in [-0.1, -0.05) is 25.5 Å². The van der Waals surface area contributed by atoms with Crippen LogP contribution in [0.5, 0.6) is 0 Å². The first-order valence-electron chi connectivity index (χ1n) is 7.15. The molecule has 0 aliphatic carbocycles. The number of aromatic nitrogens is 2. The average Bonchev–Trinajstić information content (AvgIpc) is 2.80. The van der Waals surface area contributed by atoms with E-state index in [9.17, 15) is 9.18 Å². The fourth-order valence-electron chi connectivity index (χ4n) is 2.22. The van der Waals surface area contributed by atoms with E-state index in [1.165, 1.54) is 12.1 Å². The van der Waals surface area contributed by atoms with E-state index in [-0.39, 0.29) is 11.7 Å². The van der Waals surface area contributed by atoms with Crippen LogP contribution in [0.3, 0.4) is 0 Å². The third kappa shape index (κ3) is 4.15. The zero-order valence-corrected chi connectivity index (χ0v) is 12.4. The number of amides is 1. The van der Waals surface area contributed by atoms with E-state index >= 15 is 0 Å². The van der Waals surface area contributed by atoms with E-state index < -0.39 is 0 Å². The monoisotopic (exact) mass is 289 g/mol. The van der Waals surface area contributed by atoms with Crippen molar-refractivity contribution in [3.8, 4) is 0 Å². The molecule has 1 amide bonds. The third-order valence-electron chi connectivity index (χ3n) is 3.26. The summed E-state index contributed by atoms with van der Waals surface area (Å²) in [5.74, 6) is -0.404. The van der Waals surface area contributed by atoms with Gasteiger partial charge in [-0.2, -0.15) is 5.10 Å². The van der Waals surface area contributed by atoms with Crippen LogP contribution in [0.15, 0.2) is 30.3 Å². The van der Waals surface area contributed by atoms with E-state index in [4.69, 9.17) is 0 Å². The highest BCUT2D eigenvalue weighted by Gasteiger charge is 2.12. The number of aryl methyl sites for hydroxylation is 2. The molecule has 0 saturated heterocycles. The Labute approximate surface area is 124 Å². The van der Waals surface area contributed by atoms with E-state index in [0.717, 1.165) is 24.1 Å². The standard InChI is InChI=1S/C16H20FN3O/c1-3-5-14-11-15(20(2)19-14)16(21)18-9-8-12-6-4-7-13(17)10-12/h4,6-7,10-11H,3,5,8-9H2,1-2H3,(H,18,21). The van der Waals surface area contributed by atoms with Gasteiger partial charge in [0, 0.05) is 13.6 Å². The van der Waals surface area contributed by atoms with E-state index in [1.807, 2.05) is 12.1 Å². The van der Waals surface area contributed by atoms with Crippen LogP contribution in [0.2, 0.25) is 0 Å². The summed E-state index contributed by atoms with van der Waals surface area (Å²) in [5.41, 5.74) is 2.35. The van der Waals surface area contributed by atoms with Gasteiger partial charge in [0.25, 0.3) is 5.91 Å². The van der Waals surface area contributed by atoms with E-state index in [0.29, 0.717) is 18.7 Å². The van der Waals surface area contributed by atoms with Crippen molar-refractivity contribution >= 4 is 5.91 Å². The van der Waals surface area contributed by atoms with Gasteiger partial charge in [-0.25, -0.2) is 4.39 Å². The van der Waals surface area contributed by atoms with Crippen LogP contribution in [-0.2, 0) is 19.9 Å². The van der Waals surface area contributed by atoms with Gasteiger partial charge in [0.2, 0.25) is 0 Å². The number of hydrogen-bond donors (Lipinski definition) is 1. The van der Waals surface area contributed by atoms with Crippen molar-refractivity contribution in [2.75, 3.05) is 6.54 Å². The Hall–Kier alpha value is -2.17. The summed E-state index contributed by atoms with van der Waals surface area (Å²) in [6.07, 6.45) is 2.46. The third-order valence-corrected chi connectivity index (χ3v) is 3.26. The molecule has 0 aliphatic rings. The zero-order chi connectivity index (χ0) is 15.2. The molecule has 21 heavy (non-hydrogen) atoms. The second kappa shape index (κ2) is 7.02. The van der Waals surface area contributed by atoms with Gasteiger partial charge in [0.1, 0.15) is 11.5 Å². The topological polar surface area (TPSA) is 46.9 Å².